The van der Waals surface area contributed by atoms with Crippen molar-refractivity contribution < 1.29 is 19.0 Å². The molecule has 0 saturated carbocycles. The summed E-state index contributed by atoms with van der Waals surface area (Å²) < 4.78 is 19.5. The van der Waals surface area contributed by atoms with Crippen LogP contribution in [0.5, 0.6) is 5.75 Å². The van der Waals surface area contributed by atoms with Crippen molar-refractivity contribution in [3.63, 3.8) is 0 Å². The number of amides is 1. The molecule has 1 aliphatic rings. The Labute approximate surface area is 295 Å². The van der Waals surface area contributed by atoms with E-state index < -0.39 is 0 Å². The number of nitrogens with one attached hydrogen (secondary N) is 2. The normalized spacial score (nSPS) is 12.8. The first kappa shape index (κ1) is 35.4. The molecule has 9 heteroatoms. The lowest BCUT2D eigenvalue weighted by Crippen LogP contribution is -2.27. The van der Waals surface area contributed by atoms with Crippen LogP contribution in [0, 0.1) is 5.92 Å². The van der Waals surface area contributed by atoms with Crippen molar-refractivity contribution in [2.45, 2.75) is 65.8 Å². The summed E-state index contributed by atoms with van der Waals surface area (Å²) in [5.74, 6) is 2.31. The molecule has 0 spiro atoms. The number of anilines is 1. The summed E-state index contributed by atoms with van der Waals surface area (Å²) in [6.07, 6.45) is 6.30. The molecule has 1 amide bonds. The lowest BCUT2D eigenvalue weighted by Gasteiger charge is -2.21. The van der Waals surface area contributed by atoms with Crippen molar-refractivity contribution in [1.29, 1.82) is 0 Å². The molecule has 0 bridgehead atoms. The topological polar surface area (TPSA) is 99.5 Å². The minimum Gasteiger partial charge on any atom is -0.494 e. The van der Waals surface area contributed by atoms with E-state index in [0.717, 1.165) is 60.5 Å². The Bertz CT molecular complexity index is 1870. The maximum atomic E-state index is 13.0. The van der Waals surface area contributed by atoms with Crippen LogP contribution in [0.1, 0.15) is 73.0 Å². The van der Waals surface area contributed by atoms with Crippen molar-refractivity contribution in [2.24, 2.45) is 5.92 Å². The quantitative estimate of drug-likeness (QED) is 0.0935. The van der Waals surface area contributed by atoms with Gasteiger partial charge in [0.05, 0.1) is 49.6 Å². The first-order chi connectivity index (χ1) is 24.5. The second-order valence-corrected chi connectivity index (χ2v) is 13.4. The molecule has 0 saturated heterocycles. The third-order valence-corrected chi connectivity index (χ3v) is 9.24. The number of pyridine rings is 1. The predicted molar refractivity (Wildman–Crippen MR) is 200 cm³/mol. The van der Waals surface area contributed by atoms with Crippen LogP contribution in [0.4, 0.5) is 5.69 Å². The van der Waals surface area contributed by atoms with Crippen LogP contribution in [0.15, 0.2) is 66.7 Å². The van der Waals surface area contributed by atoms with Gasteiger partial charge in [-0.3, -0.25) is 9.78 Å². The smallest absolute Gasteiger partial charge is 0.251 e. The van der Waals surface area contributed by atoms with Gasteiger partial charge in [0.1, 0.15) is 11.6 Å². The zero-order chi connectivity index (χ0) is 34.7. The minimum atomic E-state index is -0.131. The molecule has 0 fully saturated rings. The van der Waals surface area contributed by atoms with Gasteiger partial charge in [-0.15, -0.1) is 0 Å². The van der Waals surface area contributed by atoms with E-state index in [1.165, 1.54) is 40.7 Å². The Morgan fingerprint density at radius 2 is 1.66 bits per heavy atom. The number of rotatable bonds is 18. The first-order valence-electron chi connectivity index (χ1n) is 18.3. The van der Waals surface area contributed by atoms with Gasteiger partial charge in [-0.25, -0.2) is 4.98 Å². The fraction of sp³-hybridized carbons (Fsp3) is 0.439. The number of carbonyl (C=O) groups is 1. The number of nitrogens with zero attached hydrogens (tertiary/aromatic N) is 3. The number of aryl methyl sites for hydroxylation is 2. The second-order valence-electron chi connectivity index (χ2n) is 13.4. The van der Waals surface area contributed by atoms with E-state index in [1.807, 2.05) is 37.3 Å². The van der Waals surface area contributed by atoms with Gasteiger partial charge in [0.25, 0.3) is 5.91 Å². The molecule has 5 aromatic rings. The van der Waals surface area contributed by atoms with Crippen LogP contribution in [0.25, 0.3) is 21.9 Å². The molecule has 50 heavy (non-hydrogen) atoms. The number of ether oxygens (including phenoxy) is 3. The Kier molecular flexibility index (Phi) is 12.3. The molecule has 0 unspecified atom stereocenters. The third-order valence-electron chi connectivity index (χ3n) is 9.24. The lowest BCUT2D eigenvalue weighted by atomic mass is 9.92. The lowest BCUT2D eigenvalue weighted by molar-refractivity contribution is 0.0519. The fourth-order valence-corrected chi connectivity index (χ4v) is 6.63. The molecular weight excluding hydrogens is 626 g/mol. The number of carbonyl (C=O) groups excluding carboxylic acids is 1. The highest BCUT2D eigenvalue weighted by Gasteiger charge is 2.18. The van der Waals surface area contributed by atoms with Crippen molar-refractivity contribution >= 4 is 33.5 Å². The van der Waals surface area contributed by atoms with Gasteiger partial charge in [0.2, 0.25) is 0 Å². The van der Waals surface area contributed by atoms with Crippen molar-refractivity contribution in [2.75, 3.05) is 51.4 Å². The summed E-state index contributed by atoms with van der Waals surface area (Å²) >= 11 is 0. The van der Waals surface area contributed by atoms with Gasteiger partial charge in [-0.05, 0) is 92.5 Å². The van der Waals surface area contributed by atoms with Gasteiger partial charge in [-0.1, -0.05) is 44.2 Å². The summed E-state index contributed by atoms with van der Waals surface area (Å²) in [7, 11) is 0. The highest BCUT2D eigenvalue weighted by Crippen LogP contribution is 2.33. The van der Waals surface area contributed by atoms with Crippen LogP contribution < -0.4 is 15.4 Å². The molecule has 6 rings (SSSR count). The molecule has 0 atom stereocenters. The number of hydrogen-bond donors (Lipinski definition) is 2. The van der Waals surface area contributed by atoms with Gasteiger partial charge >= 0.3 is 0 Å². The van der Waals surface area contributed by atoms with Gasteiger partial charge in [-0.2, -0.15) is 0 Å². The summed E-state index contributed by atoms with van der Waals surface area (Å²) in [6.45, 7) is 11.1. The van der Waals surface area contributed by atoms with Crippen LogP contribution in [0.2, 0.25) is 0 Å². The average Bonchev–Trinajstić information content (AvgIpc) is 3.47. The Balaban J connectivity index is 0.940. The van der Waals surface area contributed by atoms with Crippen molar-refractivity contribution in [3.05, 3.63) is 94.9 Å². The van der Waals surface area contributed by atoms with E-state index in [-0.39, 0.29) is 5.91 Å². The molecule has 2 heterocycles. The van der Waals surface area contributed by atoms with E-state index >= 15 is 0 Å². The highest BCUT2D eigenvalue weighted by atomic mass is 16.5. The number of para-hydroxylation sites is 1. The number of aromatic nitrogens is 3. The standard InChI is InChI=1S/C41H51N5O4/c1-4-50-32-16-13-30(14-17-32)27-39-45-37-28-31(15-18-38(37)46(39)22-19-29(2)3)41(47)43-21-24-49-26-25-48-23-20-42-40-33-9-5-7-11-35(33)44-36-12-8-6-10-34(36)40/h5,7,9,11,13-18,28-29H,4,6,8,10,12,19-27H2,1-3H3,(H,42,44)(H,43,47). The molecule has 2 N–H and O–H groups in total. The summed E-state index contributed by atoms with van der Waals surface area (Å²) in [4.78, 5) is 22.9. The van der Waals surface area contributed by atoms with E-state index in [2.05, 4.69) is 65.4 Å². The van der Waals surface area contributed by atoms with Gasteiger partial charge in [0, 0.05) is 48.4 Å². The monoisotopic (exact) mass is 677 g/mol. The molecule has 9 nitrogen and oxygen atoms in total. The molecule has 0 aliphatic heterocycles. The van der Waals surface area contributed by atoms with E-state index in [0.29, 0.717) is 57.5 Å². The van der Waals surface area contributed by atoms with Crippen LogP contribution in [0.3, 0.4) is 0 Å². The fourth-order valence-electron chi connectivity index (χ4n) is 6.63. The maximum Gasteiger partial charge on any atom is 0.251 e. The number of benzene rings is 3. The van der Waals surface area contributed by atoms with Gasteiger partial charge < -0.3 is 29.4 Å². The second kappa shape index (κ2) is 17.5. The molecule has 3 aromatic carbocycles. The Morgan fingerprint density at radius 1 is 0.880 bits per heavy atom. The molecule has 0 radical (unpaired) electrons. The SMILES string of the molecule is CCOc1ccc(Cc2nc3cc(C(=O)NCCOCCOCCNc4c5c(nc6ccccc46)CCCC5)ccc3n2CCC(C)C)cc1. The van der Waals surface area contributed by atoms with E-state index in [1.54, 1.807) is 0 Å². The number of fused-ring (bicyclic) bond motifs is 3. The Hall–Kier alpha value is -4.47. The minimum absolute atomic E-state index is 0.131. The van der Waals surface area contributed by atoms with Crippen molar-refractivity contribution in [3.8, 4) is 5.75 Å². The maximum absolute atomic E-state index is 13.0. The first-order valence-corrected chi connectivity index (χ1v) is 18.3. The van der Waals surface area contributed by atoms with Crippen molar-refractivity contribution in [1.82, 2.24) is 19.9 Å². The van der Waals surface area contributed by atoms with Crippen LogP contribution >= 0.6 is 0 Å². The molecular formula is C41H51N5O4. The van der Waals surface area contributed by atoms with Crippen LogP contribution in [-0.4, -0.2) is 66.6 Å². The molecule has 264 valence electrons. The third kappa shape index (κ3) is 9.00. The summed E-state index contributed by atoms with van der Waals surface area (Å²) in [5, 5.41) is 7.80. The predicted octanol–water partition coefficient (Wildman–Crippen LogP) is 7.37. The molecule has 1 aliphatic carbocycles. The zero-order valence-corrected chi connectivity index (χ0v) is 29.8. The number of hydrogen-bond acceptors (Lipinski definition) is 7. The highest BCUT2D eigenvalue weighted by molar-refractivity contribution is 5.97. The van der Waals surface area contributed by atoms with E-state index in [4.69, 9.17) is 24.2 Å². The largest absolute Gasteiger partial charge is 0.494 e. The number of imidazole rings is 1. The average molecular weight is 678 g/mol. The Morgan fingerprint density at radius 3 is 2.46 bits per heavy atom. The molecule has 2 aromatic heterocycles. The van der Waals surface area contributed by atoms with Crippen LogP contribution in [-0.2, 0) is 35.3 Å². The van der Waals surface area contributed by atoms with E-state index in [9.17, 15) is 4.79 Å². The summed E-state index contributed by atoms with van der Waals surface area (Å²) in [6, 6.07) is 22.4. The summed E-state index contributed by atoms with van der Waals surface area (Å²) in [5.41, 5.74) is 8.51. The van der Waals surface area contributed by atoms with Gasteiger partial charge in [0.15, 0.2) is 0 Å². The zero-order valence-electron chi connectivity index (χ0n) is 29.8.